The summed E-state index contributed by atoms with van der Waals surface area (Å²) in [6.45, 7) is 2.32. The van der Waals surface area contributed by atoms with Crippen LogP contribution in [0.15, 0.2) is 10.9 Å². The molecule has 5 nitrogen and oxygen atoms in total. The zero-order valence-corrected chi connectivity index (χ0v) is 8.70. The highest BCUT2D eigenvalue weighted by molar-refractivity contribution is 5.39. The molecule has 1 aromatic heterocycles. The third kappa shape index (κ3) is 2.36. The number of nitrogens with zero attached hydrogens (tertiary/aromatic N) is 2. The fraction of sp³-hybridized carbons (Fsp3) is 0.600. The van der Waals surface area contributed by atoms with Crippen LogP contribution in [0.2, 0.25) is 0 Å². The van der Waals surface area contributed by atoms with Gasteiger partial charge < -0.3 is 15.6 Å². The molecule has 1 aliphatic rings. The van der Waals surface area contributed by atoms with Crippen LogP contribution in [-0.4, -0.2) is 23.1 Å². The summed E-state index contributed by atoms with van der Waals surface area (Å²) in [5, 5.41) is 0. The van der Waals surface area contributed by atoms with E-state index in [0.29, 0.717) is 6.54 Å². The quantitative estimate of drug-likeness (QED) is 0.729. The van der Waals surface area contributed by atoms with Gasteiger partial charge in [0.05, 0.1) is 0 Å². The second-order valence-electron chi connectivity index (χ2n) is 3.82. The van der Waals surface area contributed by atoms with Crippen molar-refractivity contribution in [3.63, 3.8) is 0 Å². The van der Waals surface area contributed by atoms with Gasteiger partial charge in [-0.1, -0.05) is 0 Å². The van der Waals surface area contributed by atoms with Crippen LogP contribution in [0.4, 0.5) is 5.82 Å². The number of nitrogens with two attached hydrogens (primary N) is 1. The Morgan fingerprint density at radius 2 is 2.13 bits per heavy atom. The molecule has 0 unspecified atom stereocenters. The molecule has 0 aliphatic carbocycles. The molecule has 2 rings (SSSR count). The van der Waals surface area contributed by atoms with Gasteiger partial charge in [0.15, 0.2) is 0 Å². The van der Waals surface area contributed by atoms with Gasteiger partial charge in [0.2, 0.25) is 0 Å². The van der Waals surface area contributed by atoms with Crippen molar-refractivity contribution in [2.45, 2.75) is 25.8 Å². The van der Waals surface area contributed by atoms with Crippen molar-refractivity contribution < 1.29 is 0 Å². The number of rotatable bonds is 2. The molecule has 82 valence electrons. The van der Waals surface area contributed by atoms with Gasteiger partial charge in [0.1, 0.15) is 5.82 Å². The van der Waals surface area contributed by atoms with Gasteiger partial charge >= 0.3 is 5.69 Å². The maximum Gasteiger partial charge on any atom is 0.347 e. The van der Waals surface area contributed by atoms with E-state index in [-0.39, 0.29) is 5.69 Å². The third-order valence-electron chi connectivity index (χ3n) is 2.69. The van der Waals surface area contributed by atoms with Gasteiger partial charge in [-0.05, 0) is 19.3 Å². The number of anilines is 1. The molecule has 0 spiro atoms. The van der Waals surface area contributed by atoms with E-state index < -0.39 is 0 Å². The summed E-state index contributed by atoms with van der Waals surface area (Å²) in [4.78, 5) is 20.0. The summed E-state index contributed by atoms with van der Waals surface area (Å²) < 4.78 is 0. The van der Waals surface area contributed by atoms with E-state index in [2.05, 4.69) is 14.9 Å². The summed E-state index contributed by atoms with van der Waals surface area (Å²) in [5.41, 5.74) is 5.94. The molecule has 0 atom stereocenters. The van der Waals surface area contributed by atoms with Crippen LogP contribution in [0, 0.1) is 0 Å². The first-order valence-electron chi connectivity index (χ1n) is 5.35. The molecule has 0 radical (unpaired) electrons. The van der Waals surface area contributed by atoms with Gasteiger partial charge in [-0.2, -0.15) is 4.98 Å². The van der Waals surface area contributed by atoms with Crippen LogP contribution in [-0.2, 0) is 6.54 Å². The van der Waals surface area contributed by atoms with Crippen molar-refractivity contribution in [1.29, 1.82) is 0 Å². The Bertz CT molecular complexity index is 381. The minimum Gasteiger partial charge on any atom is -0.356 e. The first-order chi connectivity index (χ1) is 7.29. The van der Waals surface area contributed by atoms with E-state index in [9.17, 15) is 4.79 Å². The molecular weight excluding hydrogens is 192 g/mol. The number of nitrogens with one attached hydrogen (secondary N) is 1. The number of H-pyrrole nitrogens is 1. The van der Waals surface area contributed by atoms with E-state index in [1.165, 1.54) is 19.3 Å². The minimum atomic E-state index is -0.307. The van der Waals surface area contributed by atoms with Crippen molar-refractivity contribution in [3.05, 3.63) is 22.2 Å². The highest BCUT2D eigenvalue weighted by atomic mass is 16.1. The highest BCUT2D eigenvalue weighted by Crippen LogP contribution is 2.16. The van der Waals surface area contributed by atoms with Gasteiger partial charge in [-0.3, -0.25) is 0 Å². The van der Waals surface area contributed by atoms with Crippen LogP contribution in [0.5, 0.6) is 0 Å². The molecule has 5 heteroatoms. The Morgan fingerprint density at radius 3 is 2.80 bits per heavy atom. The third-order valence-corrected chi connectivity index (χ3v) is 2.69. The fourth-order valence-electron chi connectivity index (χ4n) is 1.89. The average Bonchev–Trinajstić information content (AvgIpc) is 2.29. The Hall–Kier alpha value is -1.36. The average molecular weight is 208 g/mol. The van der Waals surface area contributed by atoms with Crippen molar-refractivity contribution in [1.82, 2.24) is 9.97 Å². The van der Waals surface area contributed by atoms with Crippen LogP contribution < -0.4 is 16.3 Å². The summed E-state index contributed by atoms with van der Waals surface area (Å²) in [6, 6.07) is 1.87. The largest absolute Gasteiger partial charge is 0.356 e. The second-order valence-corrected chi connectivity index (χ2v) is 3.82. The fourth-order valence-corrected chi connectivity index (χ4v) is 1.89. The van der Waals surface area contributed by atoms with Gasteiger partial charge in [0, 0.05) is 31.4 Å². The van der Waals surface area contributed by atoms with Gasteiger partial charge in [0.25, 0.3) is 0 Å². The number of aromatic nitrogens is 2. The molecule has 1 saturated heterocycles. The summed E-state index contributed by atoms with van der Waals surface area (Å²) in [5.74, 6) is 0.763. The van der Waals surface area contributed by atoms with Crippen LogP contribution >= 0.6 is 0 Å². The molecular formula is C10H16N4O. The smallest absolute Gasteiger partial charge is 0.347 e. The standard InChI is InChI=1S/C10H16N4O/c11-7-8-6-9(13-10(15)12-8)14-4-2-1-3-5-14/h6H,1-5,7,11H2,(H,12,13,15). The molecule has 0 saturated carbocycles. The normalized spacial score (nSPS) is 16.7. The Balaban J connectivity index is 2.26. The van der Waals surface area contributed by atoms with Gasteiger partial charge in [-0.25, -0.2) is 4.79 Å². The first kappa shape index (κ1) is 10.2. The number of aromatic amines is 1. The highest BCUT2D eigenvalue weighted by Gasteiger charge is 2.12. The van der Waals surface area contributed by atoms with E-state index in [1.807, 2.05) is 6.07 Å². The molecule has 15 heavy (non-hydrogen) atoms. The van der Waals surface area contributed by atoms with E-state index >= 15 is 0 Å². The Morgan fingerprint density at radius 1 is 1.40 bits per heavy atom. The zero-order chi connectivity index (χ0) is 10.7. The van der Waals surface area contributed by atoms with E-state index in [4.69, 9.17) is 5.73 Å². The molecule has 0 amide bonds. The number of piperidine rings is 1. The van der Waals surface area contributed by atoms with Crippen molar-refractivity contribution in [2.24, 2.45) is 5.73 Å². The van der Waals surface area contributed by atoms with Crippen molar-refractivity contribution in [3.8, 4) is 0 Å². The number of hydrogen-bond acceptors (Lipinski definition) is 4. The zero-order valence-electron chi connectivity index (χ0n) is 8.70. The lowest BCUT2D eigenvalue weighted by Crippen LogP contribution is -2.32. The Labute approximate surface area is 88.3 Å². The monoisotopic (exact) mass is 208 g/mol. The molecule has 0 aromatic carbocycles. The van der Waals surface area contributed by atoms with Crippen LogP contribution in [0.1, 0.15) is 25.0 Å². The predicted octanol–water partition coefficient (Wildman–Crippen LogP) is 0.219. The summed E-state index contributed by atoms with van der Waals surface area (Å²) >= 11 is 0. The molecule has 1 fully saturated rings. The van der Waals surface area contributed by atoms with Crippen LogP contribution in [0.25, 0.3) is 0 Å². The van der Waals surface area contributed by atoms with E-state index in [1.54, 1.807) is 0 Å². The Kier molecular flexibility index (Phi) is 3.01. The SMILES string of the molecule is NCc1cc(N2CCCCC2)nc(=O)[nH]1. The molecule has 2 heterocycles. The maximum atomic E-state index is 11.3. The molecule has 3 N–H and O–H groups in total. The topological polar surface area (TPSA) is 75.0 Å². The van der Waals surface area contributed by atoms with Crippen molar-refractivity contribution >= 4 is 5.82 Å². The summed E-state index contributed by atoms with van der Waals surface area (Å²) in [6.07, 6.45) is 3.61. The molecule has 0 bridgehead atoms. The first-order valence-corrected chi connectivity index (χ1v) is 5.35. The predicted molar refractivity (Wildman–Crippen MR) is 58.8 cm³/mol. The molecule has 1 aliphatic heterocycles. The lowest BCUT2D eigenvalue weighted by Gasteiger charge is -2.27. The van der Waals surface area contributed by atoms with E-state index in [0.717, 1.165) is 24.6 Å². The summed E-state index contributed by atoms with van der Waals surface area (Å²) in [7, 11) is 0. The minimum absolute atomic E-state index is 0.307. The molecule has 1 aromatic rings. The van der Waals surface area contributed by atoms with Gasteiger partial charge in [-0.15, -0.1) is 0 Å². The number of hydrogen-bond donors (Lipinski definition) is 2. The lowest BCUT2D eigenvalue weighted by molar-refractivity contribution is 0.572. The second kappa shape index (κ2) is 4.44. The van der Waals surface area contributed by atoms with Crippen molar-refractivity contribution in [2.75, 3.05) is 18.0 Å². The maximum absolute atomic E-state index is 11.3. The lowest BCUT2D eigenvalue weighted by atomic mass is 10.1. The van der Waals surface area contributed by atoms with Crippen LogP contribution in [0.3, 0.4) is 0 Å².